The van der Waals surface area contributed by atoms with E-state index in [2.05, 4.69) is 20.8 Å². The van der Waals surface area contributed by atoms with Crippen LogP contribution in [0.5, 0.6) is 0 Å². The zero-order valence-electron chi connectivity index (χ0n) is 16.5. The molecule has 0 unspecified atom stereocenters. The molecule has 1 fully saturated rings. The number of amides is 1. The van der Waals surface area contributed by atoms with Gasteiger partial charge in [0, 0.05) is 28.0 Å². The Balaban J connectivity index is 1.40. The predicted molar refractivity (Wildman–Crippen MR) is 123 cm³/mol. The van der Waals surface area contributed by atoms with Crippen LogP contribution < -0.4 is 10.6 Å². The van der Waals surface area contributed by atoms with Crippen LogP contribution in [-0.2, 0) is 11.3 Å². The molecular weight excluding hydrogens is 418 g/mol. The van der Waals surface area contributed by atoms with Gasteiger partial charge in [0.25, 0.3) is 0 Å². The zero-order chi connectivity index (χ0) is 20.9. The van der Waals surface area contributed by atoms with Crippen LogP contribution in [0.25, 0.3) is 11.4 Å². The molecule has 30 heavy (non-hydrogen) atoms. The fourth-order valence-corrected chi connectivity index (χ4v) is 4.08. The van der Waals surface area contributed by atoms with Gasteiger partial charge >= 0.3 is 0 Å². The van der Waals surface area contributed by atoms with E-state index in [1.807, 2.05) is 36.4 Å². The molecule has 1 aliphatic rings. The Morgan fingerprint density at radius 3 is 2.43 bits per heavy atom. The van der Waals surface area contributed by atoms with Gasteiger partial charge in [-0.15, -0.1) is 0 Å². The van der Waals surface area contributed by atoms with E-state index in [4.69, 9.17) is 23.8 Å². The molecule has 3 aromatic rings. The molecule has 1 aliphatic carbocycles. The van der Waals surface area contributed by atoms with Gasteiger partial charge in [-0.05, 0) is 73.6 Å². The minimum Gasteiger partial charge on any atom is -0.382 e. The monoisotopic (exact) mass is 441 g/mol. The van der Waals surface area contributed by atoms with Crippen molar-refractivity contribution in [2.75, 3.05) is 10.6 Å². The lowest BCUT2D eigenvalue weighted by atomic mass is 9.95. The number of carbonyl (C=O) groups is 1. The maximum absolute atomic E-state index is 12.6. The molecule has 0 radical (unpaired) electrons. The number of halogens is 1. The van der Waals surface area contributed by atoms with Gasteiger partial charge in [0.05, 0.1) is 0 Å². The summed E-state index contributed by atoms with van der Waals surface area (Å²) >= 11 is 11.3. The highest BCUT2D eigenvalue weighted by Crippen LogP contribution is 2.23. The lowest BCUT2D eigenvalue weighted by Gasteiger charge is -2.23. The third-order valence-electron chi connectivity index (χ3n) is 5.31. The molecule has 0 atom stereocenters. The Hall–Kier alpha value is -2.64. The number of carbonyl (C=O) groups excluding carboxylic acids is 1. The van der Waals surface area contributed by atoms with Crippen LogP contribution in [0, 0.1) is 4.77 Å². The summed E-state index contributed by atoms with van der Waals surface area (Å²) in [6, 6.07) is 15.6. The number of nitrogens with zero attached hydrogens (tertiary/aromatic N) is 2. The Morgan fingerprint density at radius 2 is 1.73 bits per heavy atom. The first-order valence-corrected chi connectivity index (χ1v) is 10.9. The quantitative estimate of drug-likeness (QED) is 0.432. The van der Waals surface area contributed by atoms with Crippen molar-refractivity contribution in [1.29, 1.82) is 0 Å². The highest BCUT2D eigenvalue weighted by Gasteiger charge is 2.14. The van der Waals surface area contributed by atoms with Crippen LogP contribution in [0.3, 0.4) is 0 Å². The Morgan fingerprint density at radius 1 is 1.07 bits per heavy atom. The minimum absolute atomic E-state index is 0.0648. The number of aromatic nitrogens is 3. The second-order valence-electron chi connectivity index (χ2n) is 7.55. The summed E-state index contributed by atoms with van der Waals surface area (Å²) in [5.41, 5.74) is 2.66. The fraction of sp³-hybridized carbons (Fsp3) is 0.318. The number of anilines is 2. The van der Waals surface area contributed by atoms with E-state index in [0.717, 1.165) is 16.9 Å². The summed E-state index contributed by atoms with van der Waals surface area (Å²) in [5, 5.41) is 14.2. The van der Waals surface area contributed by atoms with Crippen molar-refractivity contribution < 1.29 is 4.79 Å². The molecular formula is C22H24ClN5OS. The standard InChI is InChI=1S/C22H24ClN5OS/c23-16-8-6-15(7-9-16)21-26-27-22(30)28(21)14-20(29)25-19-12-10-18(11-13-19)24-17-4-2-1-3-5-17/h6-13,17,24H,1-5,14H2,(H,25,29)(H,27,30). The van der Waals surface area contributed by atoms with Crippen LogP contribution >= 0.6 is 23.8 Å². The van der Waals surface area contributed by atoms with E-state index < -0.39 is 0 Å². The first-order valence-electron chi connectivity index (χ1n) is 10.2. The van der Waals surface area contributed by atoms with E-state index in [-0.39, 0.29) is 12.5 Å². The Kier molecular flexibility index (Phi) is 6.50. The number of hydrogen-bond donors (Lipinski definition) is 3. The van der Waals surface area contributed by atoms with Gasteiger partial charge in [0.2, 0.25) is 5.91 Å². The van der Waals surface area contributed by atoms with Crippen LogP contribution in [0.2, 0.25) is 5.02 Å². The summed E-state index contributed by atoms with van der Waals surface area (Å²) in [7, 11) is 0. The molecule has 1 heterocycles. The van der Waals surface area contributed by atoms with Gasteiger partial charge in [-0.3, -0.25) is 14.5 Å². The van der Waals surface area contributed by atoms with Gasteiger partial charge in [-0.2, -0.15) is 5.10 Å². The maximum atomic E-state index is 12.6. The van der Waals surface area contributed by atoms with Gasteiger partial charge < -0.3 is 10.6 Å². The molecule has 3 N–H and O–H groups in total. The SMILES string of the molecule is O=C(Cn1c(-c2ccc(Cl)cc2)n[nH]c1=S)Nc1ccc(NC2CCCCC2)cc1. The van der Waals surface area contributed by atoms with E-state index in [1.54, 1.807) is 16.7 Å². The summed E-state index contributed by atoms with van der Waals surface area (Å²) in [4.78, 5) is 12.6. The summed E-state index contributed by atoms with van der Waals surface area (Å²) in [6.07, 6.45) is 6.36. The second kappa shape index (κ2) is 9.45. The zero-order valence-corrected chi connectivity index (χ0v) is 18.1. The molecule has 0 spiro atoms. The average molecular weight is 442 g/mol. The summed E-state index contributed by atoms with van der Waals surface area (Å²) < 4.78 is 2.06. The fourth-order valence-electron chi connectivity index (χ4n) is 3.76. The molecule has 156 valence electrons. The Labute approximate surface area is 185 Å². The molecule has 0 saturated heterocycles. The lowest BCUT2D eigenvalue weighted by Crippen LogP contribution is -2.22. The molecule has 2 aromatic carbocycles. The number of benzene rings is 2. The number of rotatable bonds is 6. The molecule has 1 saturated carbocycles. The van der Waals surface area contributed by atoms with Crippen molar-refractivity contribution in [3.63, 3.8) is 0 Å². The molecule has 1 amide bonds. The van der Waals surface area contributed by atoms with Gasteiger partial charge in [0.1, 0.15) is 6.54 Å². The highest BCUT2D eigenvalue weighted by molar-refractivity contribution is 7.71. The van der Waals surface area contributed by atoms with E-state index in [9.17, 15) is 4.79 Å². The van der Waals surface area contributed by atoms with E-state index >= 15 is 0 Å². The summed E-state index contributed by atoms with van der Waals surface area (Å²) in [5.74, 6) is 0.426. The largest absolute Gasteiger partial charge is 0.382 e. The number of aromatic amines is 1. The molecule has 8 heteroatoms. The summed E-state index contributed by atoms with van der Waals surface area (Å²) in [6.45, 7) is 0.0648. The van der Waals surface area contributed by atoms with E-state index in [1.165, 1.54) is 32.1 Å². The molecule has 4 rings (SSSR count). The smallest absolute Gasteiger partial charge is 0.244 e. The van der Waals surface area contributed by atoms with Crippen LogP contribution in [0.4, 0.5) is 11.4 Å². The van der Waals surface area contributed by atoms with Crippen LogP contribution in [-0.4, -0.2) is 26.7 Å². The van der Waals surface area contributed by atoms with Crippen molar-refractivity contribution in [2.24, 2.45) is 0 Å². The van der Waals surface area contributed by atoms with Crippen molar-refractivity contribution in [3.05, 3.63) is 58.3 Å². The topological polar surface area (TPSA) is 74.7 Å². The highest BCUT2D eigenvalue weighted by atomic mass is 35.5. The average Bonchev–Trinajstić information content (AvgIpc) is 3.11. The molecule has 6 nitrogen and oxygen atoms in total. The molecule has 1 aromatic heterocycles. The lowest BCUT2D eigenvalue weighted by molar-refractivity contribution is -0.116. The molecule has 0 bridgehead atoms. The first kappa shape index (κ1) is 20.6. The van der Waals surface area contributed by atoms with Crippen molar-refractivity contribution in [2.45, 2.75) is 44.7 Å². The van der Waals surface area contributed by atoms with Gasteiger partial charge in [0.15, 0.2) is 10.6 Å². The predicted octanol–water partition coefficient (Wildman–Crippen LogP) is 5.64. The van der Waals surface area contributed by atoms with Crippen molar-refractivity contribution in [3.8, 4) is 11.4 Å². The van der Waals surface area contributed by atoms with Crippen molar-refractivity contribution in [1.82, 2.24) is 14.8 Å². The minimum atomic E-state index is -0.171. The number of H-pyrrole nitrogens is 1. The van der Waals surface area contributed by atoms with Gasteiger partial charge in [-0.25, -0.2) is 0 Å². The third kappa shape index (κ3) is 5.09. The van der Waals surface area contributed by atoms with E-state index in [0.29, 0.717) is 21.7 Å². The Bertz CT molecular complexity index is 1050. The second-order valence-corrected chi connectivity index (χ2v) is 8.37. The third-order valence-corrected chi connectivity index (χ3v) is 5.87. The normalized spacial score (nSPS) is 14.4. The first-order chi connectivity index (χ1) is 14.6. The van der Waals surface area contributed by atoms with Crippen molar-refractivity contribution >= 4 is 41.1 Å². The van der Waals surface area contributed by atoms with Crippen LogP contribution in [0.15, 0.2) is 48.5 Å². The number of nitrogens with one attached hydrogen (secondary N) is 3. The number of hydrogen-bond acceptors (Lipinski definition) is 4. The maximum Gasteiger partial charge on any atom is 0.244 e. The van der Waals surface area contributed by atoms with Crippen LogP contribution in [0.1, 0.15) is 32.1 Å². The molecule has 0 aliphatic heterocycles. The van der Waals surface area contributed by atoms with Gasteiger partial charge in [-0.1, -0.05) is 30.9 Å².